The lowest BCUT2D eigenvalue weighted by atomic mass is 9.99. The quantitative estimate of drug-likeness (QED) is 0.744. The van der Waals surface area contributed by atoms with Gasteiger partial charge in [0.05, 0.1) is 6.04 Å². The van der Waals surface area contributed by atoms with E-state index in [1.54, 1.807) is 11.8 Å². The highest BCUT2D eigenvalue weighted by Gasteiger charge is 2.36. The second-order valence-electron chi connectivity index (χ2n) is 5.24. The van der Waals surface area contributed by atoms with Crippen molar-refractivity contribution < 1.29 is 12.6 Å². The monoisotopic (exact) mass is 311 g/mol. The number of nitrogens with zero attached hydrogens (tertiary/aromatic N) is 1. The molecule has 0 saturated heterocycles. The molecule has 1 aromatic carbocycles. The number of fused-ring (bicyclic) bond motifs is 2. The van der Waals surface area contributed by atoms with Gasteiger partial charge in [-0.1, -0.05) is 18.2 Å². The number of likely N-dealkylation sites (N-methyl/N-ethyl adjacent to an activating group) is 1. The molecule has 1 atom stereocenters. The summed E-state index contributed by atoms with van der Waals surface area (Å²) in [4.78, 5) is 3.06. The minimum Gasteiger partial charge on any atom is -0.382 e. The first-order valence-corrected chi connectivity index (χ1v) is 9.08. The van der Waals surface area contributed by atoms with Crippen molar-refractivity contribution in [2.24, 2.45) is 0 Å². The minimum atomic E-state index is -3.52. The Bertz CT molecular complexity index is 665. The van der Waals surface area contributed by atoms with Crippen molar-refractivity contribution in [2.75, 3.05) is 25.6 Å². The first-order chi connectivity index (χ1) is 9.48. The van der Waals surface area contributed by atoms with Crippen LogP contribution in [-0.4, -0.2) is 45.0 Å². The van der Waals surface area contributed by atoms with Crippen molar-refractivity contribution in [2.45, 2.75) is 17.4 Å². The number of rotatable bonds is 1. The molecule has 0 fully saturated rings. The van der Waals surface area contributed by atoms with E-state index in [1.165, 1.54) is 0 Å². The third kappa shape index (κ3) is 2.47. The van der Waals surface area contributed by atoms with E-state index < -0.39 is 10.1 Å². The molecular weight excluding hydrogens is 294 g/mol. The molecule has 3 rings (SSSR count). The van der Waals surface area contributed by atoms with E-state index in [0.717, 1.165) is 28.2 Å². The molecule has 0 radical (unpaired) electrons. The molecule has 0 aliphatic carbocycles. The topological polar surface area (TPSA) is 46.6 Å². The Morgan fingerprint density at radius 2 is 2.05 bits per heavy atom. The fourth-order valence-electron chi connectivity index (χ4n) is 2.67. The van der Waals surface area contributed by atoms with Crippen LogP contribution in [0.2, 0.25) is 0 Å². The Morgan fingerprint density at radius 1 is 1.30 bits per heavy atom. The average molecular weight is 311 g/mol. The molecule has 2 aliphatic rings. The van der Waals surface area contributed by atoms with Gasteiger partial charge in [0.1, 0.15) is 5.75 Å². The zero-order valence-corrected chi connectivity index (χ0v) is 13.1. The lowest BCUT2D eigenvalue weighted by Gasteiger charge is -2.32. The summed E-state index contributed by atoms with van der Waals surface area (Å²) in [6.07, 6.45) is 0.854. The summed E-state index contributed by atoms with van der Waals surface area (Å²) in [5, 5.41) is 0. The van der Waals surface area contributed by atoms with E-state index in [9.17, 15) is 8.42 Å². The third-order valence-corrected chi connectivity index (χ3v) is 5.87. The van der Waals surface area contributed by atoms with Crippen molar-refractivity contribution in [3.63, 3.8) is 0 Å². The molecular formula is C14H17NO3S2. The fraction of sp³-hybridized carbons (Fsp3) is 0.429. The molecule has 6 heteroatoms. The standard InChI is InChI=1S/C14H17NO3S2/c1-15(2)12-9-20(16,17)18-14-10(12)7-8-19-13-6-4-3-5-11(13)14/h3-6,12H,7-9H2,1-2H3/t12-/m0/s1. The van der Waals surface area contributed by atoms with Gasteiger partial charge < -0.3 is 9.08 Å². The van der Waals surface area contributed by atoms with Gasteiger partial charge in [-0.25, -0.2) is 0 Å². The summed E-state index contributed by atoms with van der Waals surface area (Å²) in [5.74, 6) is 1.53. The molecule has 1 aromatic rings. The van der Waals surface area contributed by atoms with Crippen LogP contribution in [0.4, 0.5) is 0 Å². The maximum atomic E-state index is 12.1. The van der Waals surface area contributed by atoms with Crippen LogP contribution in [0.25, 0.3) is 5.76 Å². The summed E-state index contributed by atoms with van der Waals surface area (Å²) < 4.78 is 29.5. The van der Waals surface area contributed by atoms with Gasteiger partial charge in [-0.15, -0.1) is 11.8 Å². The molecule has 2 heterocycles. The van der Waals surface area contributed by atoms with Crippen molar-refractivity contribution >= 4 is 27.6 Å². The van der Waals surface area contributed by atoms with E-state index in [4.69, 9.17) is 4.18 Å². The van der Waals surface area contributed by atoms with Gasteiger partial charge in [-0.05, 0) is 32.2 Å². The Morgan fingerprint density at radius 3 is 2.80 bits per heavy atom. The smallest absolute Gasteiger partial charge is 0.311 e. The number of hydrogen-bond donors (Lipinski definition) is 0. The summed E-state index contributed by atoms with van der Waals surface area (Å²) in [5.41, 5.74) is 2.00. The maximum absolute atomic E-state index is 12.1. The van der Waals surface area contributed by atoms with Crippen LogP contribution in [0.5, 0.6) is 0 Å². The lowest BCUT2D eigenvalue weighted by Crippen LogP contribution is -2.40. The molecule has 4 nitrogen and oxygen atoms in total. The highest BCUT2D eigenvalue weighted by atomic mass is 32.2. The minimum absolute atomic E-state index is 0.0334. The van der Waals surface area contributed by atoms with Gasteiger partial charge in [0.2, 0.25) is 0 Å². The molecule has 0 amide bonds. The second kappa shape index (κ2) is 5.09. The molecule has 0 spiro atoms. The van der Waals surface area contributed by atoms with Crippen LogP contribution in [0, 0.1) is 0 Å². The fourth-order valence-corrected chi connectivity index (χ4v) is 5.11. The van der Waals surface area contributed by atoms with Gasteiger partial charge in [0.25, 0.3) is 0 Å². The summed E-state index contributed by atoms with van der Waals surface area (Å²) in [6.45, 7) is 0. The number of benzene rings is 1. The van der Waals surface area contributed by atoms with Crippen LogP contribution in [0.1, 0.15) is 12.0 Å². The van der Waals surface area contributed by atoms with Crippen molar-refractivity contribution in [1.82, 2.24) is 4.90 Å². The van der Waals surface area contributed by atoms with Crippen LogP contribution >= 0.6 is 11.8 Å². The van der Waals surface area contributed by atoms with Gasteiger partial charge >= 0.3 is 10.1 Å². The molecule has 2 aliphatic heterocycles. The Kier molecular flexibility index (Phi) is 3.56. The Hall–Kier alpha value is -0.980. The second-order valence-corrected chi connectivity index (χ2v) is 7.99. The van der Waals surface area contributed by atoms with Crippen LogP contribution in [0.3, 0.4) is 0 Å². The molecule has 0 unspecified atom stereocenters. The van der Waals surface area contributed by atoms with Crippen LogP contribution in [-0.2, 0) is 14.3 Å². The predicted molar refractivity (Wildman–Crippen MR) is 81.0 cm³/mol. The first-order valence-electron chi connectivity index (χ1n) is 6.52. The summed E-state index contributed by atoms with van der Waals surface area (Å²) >= 11 is 1.75. The van der Waals surface area contributed by atoms with Gasteiger partial charge in [-0.2, -0.15) is 8.42 Å². The molecule has 108 valence electrons. The number of thioether (sulfide) groups is 1. The van der Waals surface area contributed by atoms with E-state index in [1.807, 2.05) is 43.3 Å². The summed E-state index contributed by atoms with van der Waals surface area (Å²) in [6, 6.07) is 7.75. The van der Waals surface area contributed by atoms with Crippen LogP contribution < -0.4 is 0 Å². The Balaban J connectivity index is 2.20. The van der Waals surface area contributed by atoms with Gasteiger partial charge in [0.15, 0.2) is 5.76 Å². The Labute approximate surface area is 123 Å². The van der Waals surface area contributed by atoms with Crippen molar-refractivity contribution in [1.29, 1.82) is 0 Å². The van der Waals surface area contributed by atoms with Gasteiger partial charge in [-0.3, -0.25) is 0 Å². The third-order valence-electron chi connectivity index (χ3n) is 3.65. The van der Waals surface area contributed by atoms with E-state index in [-0.39, 0.29) is 11.8 Å². The largest absolute Gasteiger partial charge is 0.382 e. The van der Waals surface area contributed by atoms with Crippen molar-refractivity contribution in [3.8, 4) is 0 Å². The normalized spacial score (nSPS) is 24.6. The van der Waals surface area contributed by atoms with Crippen LogP contribution in [0.15, 0.2) is 34.7 Å². The maximum Gasteiger partial charge on any atom is 0.311 e. The molecule has 0 N–H and O–H groups in total. The molecule has 0 bridgehead atoms. The molecule has 20 heavy (non-hydrogen) atoms. The molecule has 0 aromatic heterocycles. The summed E-state index contributed by atoms with van der Waals surface area (Å²) in [7, 11) is 0.318. The predicted octanol–water partition coefficient (Wildman–Crippen LogP) is 2.18. The SMILES string of the molecule is CN(C)[C@H]1CS(=O)(=O)OC2=C1CCSc1ccccc12. The average Bonchev–Trinajstić information content (AvgIpc) is 2.56. The van der Waals surface area contributed by atoms with E-state index in [2.05, 4.69) is 0 Å². The van der Waals surface area contributed by atoms with Gasteiger partial charge in [0, 0.05) is 16.2 Å². The lowest BCUT2D eigenvalue weighted by molar-refractivity contribution is 0.322. The van der Waals surface area contributed by atoms with E-state index >= 15 is 0 Å². The highest BCUT2D eigenvalue weighted by Crippen LogP contribution is 2.41. The zero-order chi connectivity index (χ0) is 14.3. The molecule has 0 saturated carbocycles. The van der Waals surface area contributed by atoms with E-state index in [0.29, 0.717) is 5.76 Å². The highest BCUT2D eigenvalue weighted by molar-refractivity contribution is 7.99. The number of hydrogen-bond acceptors (Lipinski definition) is 5. The first kappa shape index (κ1) is 14.0. The van der Waals surface area contributed by atoms with Crippen molar-refractivity contribution in [3.05, 3.63) is 35.4 Å². The zero-order valence-electron chi connectivity index (χ0n) is 11.5.